The number of H-pyrrole nitrogens is 1. The smallest absolute Gasteiger partial charge is 0.260 e. The molecule has 0 aromatic carbocycles. The van der Waals surface area contributed by atoms with Crippen molar-refractivity contribution in [2.24, 2.45) is 0 Å². The molecule has 1 aliphatic heterocycles. The fourth-order valence-electron chi connectivity index (χ4n) is 4.39. The highest BCUT2D eigenvalue weighted by Crippen LogP contribution is 2.34. The van der Waals surface area contributed by atoms with Gasteiger partial charge in [0, 0.05) is 70.3 Å². The molecule has 5 heterocycles. The molecule has 39 heavy (non-hydrogen) atoms. The van der Waals surface area contributed by atoms with Crippen molar-refractivity contribution in [2.75, 3.05) is 45.6 Å². The molecule has 0 aliphatic carbocycles. The van der Waals surface area contributed by atoms with Crippen molar-refractivity contribution in [3.8, 4) is 21.0 Å². The topological polar surface area (TPSA) is 144 Å². The van der Waals surface area contributed by atoms with Crippen LogP contribution in [0, 0.1) is 0 Å². The number of halogens is 2. The monoisotopic (exact) mass is 558 g/mol. The summed E-state index contributed by atoms with van der Waals surface area (Å²) in [7, 11) is 1.63. The first kappa shape index (κ1) is 26.8. The highest BCUT2D eigenvalue weighted by atomic mass is 32.1. The summed E-state index contributed by atoms with van der Waals surface area (Å²) in [6.45, 7) is 2.52. The Labute approximate surface area is 226 Å². The molecular formula is C25H28F2N8O3S. The van der Waals surface area contributed by atoms with E-state index in [9.17, 15) is 18.4 Å². The second-order valence-electron chi connectivity index (χ2n) is 9.33. The van der Waals surface area contributed by atoms with Gasteiger partial charge in [-0.1, -0.05) is 0 Å². The molecule has 0 spiro atoms. The van der Waals surface area contributed by atoms with Gasteiger partial charge in [-0.3, -0.25) is 19.3 Å². The Morgan fingerprint density at radius 2 is 2.03 bits per heavy atom. The normalized spacial score (nSPS) is 15.6. The lowest BCUT2D eigenvalue weighted by Crippen LogP contribution is -2.43. The Bertz CT molecular complexity index is 1540. The molecular weight excluding hydrogens is 530 g/mol. The largest absolute Gasteiger partial charge is 0.396 e. The third kappa shape index (κ3) is 5.97. The number of piperidine rings is 1. The average molecular weight is 559 g/mol. The Morgan fingerprint density at radius 3 is 2.79 bits per heavy atom. The summed E-state index contributed by atoms with van der Waals surface area (Å²) >= 11 is 1.31. The Hall–Kier alpha value is -3.75. The van der Waals surface area contributed by atoms with Crippen molar-refractivity contribution >= 4 is 34.0 Å². The number of nitrogens with two attached hydrogens (primary N) is 1. The highest BCUT2D eigenvalue weighted by molar-refractivity contribution is 7.18. The average Bonchev–Trinajstić information content (AvgIpc) is 3.58. The number of hydrogen-bond donors (Lipinski definition) is 3. The summed E-state index contributed by atoms with van der Waals surface area (Å²) in [4.78, 5) is 39.9. The number of carbonyl (C=O) groups is 1. The van der Waals surface area contributed by atoms with Crippen molar-refractivity contribution in [3.63, 3.8) is 0 Å². The molecule has 4 aromatic rings. The first-order valence-corrected chi connectivity index (χ1v) is 13.2. The zero-order valence-electron chi connectivity index (χ0n) is 21.2. The quantitative estimate of drug-likeness (QED) is 0.284. The predicted molar refractivity (Wildman–Crippen MR) is 144 cm³/mol. The lowest BCUT2D eigenvalue weighted by Gasteiger charge is -2.31. The van der Waals surface area contributed by atoms with Crippen molar-refractivity contribution in [3.05, 3.63) is 46.8 Å². The first-order valence-electron chi connectivity index (χ1n) is 12.4. The number of nitrogens with zero attached hydrogens (tertiary/aromatic N) is 5. The summed E-state index contributed by atoms with van der Waals surface area (Å²) in [5.41, 5.74) is 8.07. The molecule has 14 heteroatoms. The fourth-order valence-corrected chi connectivity index (χ4v) is 5.34. The molecule has 1 amide bonds. The van der Waals surface area contributed by atoms with Crippen LogP contribution in [0.2, 0.25) is 0 Å². The van der Waals surface area contributed by atoms with E-state index in [2.05, 4.69) is 25.4 Å². The lowest BCUT2D eigenvalue weighted by atomic mass is 10.1. The van der Waals surface area contributed by atoms with Crippen LogP contribution in [0.15, 0.2) is 35.6 Å². The number of ether oxygens (including phenoxy) is 1. The van der Waals surface area contributed by atoms with Crippen LogP contribution >= 0.6 is 11.3 Å². The molecule has 0 saturated carbocycles. The zero-order chi connectivity index (χ0) is 27.6. The van der Waals surface area contributed by atoms with Gasteiger partial charge in [0.05, 0.1) is 41.0 Å². The van der Waals surface area contributed by atoms with Gasteiger partial charge in [0.25, 0.3) is 17.4 Å². The van der Waals surface area contributed by atoms with Gasteiger partial charge in [0.1, 0.15) is 16.1 Å². The number of pyridine rings is 2. The summed E-state index contributed by atoms with van der Waals surface area (Å²) in [6, 6.07) is 1.52. The van der Waals surface area contributed by atoms with E-state index in [0.717, 1.165) is 10.4 Å². The molecule has 1 aliphatic rings. The number of anilines is 1. The summed E-state index contributed by atoms with van der Waals surface area (Å²) in [6.07, 6.45) is 6.31. The van der Waals surface area contributed by atoms with E-state index >= 15 is 0 Å². The number of alkyl halides is 2. The molecule has 11 nitrogen and oxygen atoms in total. The first-order chi connectivity index (χ1) is 18.7. The number of nitrogen functional groups attached to an aromatic ring is 1. The van der Waals surface area contributed by atoms with Gasteiger partial charge in [-0.15, -0.1) is 11.3 Å². The van der Waals surface area contributed by atoms with Crippen LogP contribution in [0.5, 0.6) is 0 Å². The van der Waals surface area contributed by atoms with Crippen molar-refractivity contribution in [1.29, 1.82) is 0 Å². The summed E-state index contributed by atoms with van der Waals surface area (Å²) in [5.74, 6) is -2.99. The number of hydrogen-bond acceptors (Lipinski definition) is 9. The van der Waals surface area contributed by atoms with Gasteiger partial charge in [0.15, 0.2) is 0 Å². The maximum Gasteiger partial charge on any atom is 0.260 e. The molecule has 0 bridgehead atoms. The minimum atomic E-state index is -2.61. The minimum absolute atomic E-state index is 0.166. The SMILES string of the molecule is COCCn1cc(-c2cnc(-c3c(N)c4ncc(C(=O)NCCN5CCC(F)(F)CC5)cc4[nH]c3=O)s2)cn1. The molecule has 4 N–H and O–H groups in total. The highest BCUT2D eigenvalue weighted by Gasteiger charge is 2.33. The van der Waals surface area contributed by atoms with Crippen LogP contribution in [0.25, 0.3) is 32.0 Å². The van der Waals surface area contributed by atoms with E-state index in [4.69, 9.17) is 10.5 Å². The predicted octanol–water partition coefficient (Wildman–Crippen LogP) is 2.60. The van der Waals surface area contributed by atoms with E-state index < -0.39 is 11.5 Å². The van der Waals surface area contributed by atoms with E-state index in [1.807, 2.05) is 11.1 Å². The molecule has 1 saturated heterocycles. The molecule has 0 radical (unpaired) electrons. The van der Waals surface area contributed by atoms with Gasteiger partial charge in [-0.25, -0.2) is 13.8 Å². The second kappa shape index (κ2) is 11.2. The maximum atomic E-state index is 13.3. The van der Waals surface area contributed by atoms with Crippen LogP contribution in [-0.2, 0) is 11.3 Å². The zero-order valence-corrected chi connectivity index (χ0v) is 22.1. The number of aromatic nitrogens is 5. The number of aromatic amines is 1. The van der Waals surface area contributed by atoms with Gasteiger partial charge in [0.2, 0.25) is 0 Å². The molecule has 0 unspecified atom stereocenters. The van der Waals surface area contributed by atoms with Gasteiger partial charge >= 0.3 is 0 Å². The lowest BCUT2D eigenvalue weighted by molar-refractivity contribution is -0.0547. The molecule has 206 valence electrons. The standard InChI is InChI=1S/C25H28F2N8O3S/c1-38-9-8-35-14-16(12-32-35)18-13-31-24(39-18)19-20(28)21-17(33-23(19)37)10-15(11-30-21)22(36)29-4-7-34-5-2-25(26,27)3-6-34/h10-14H,2-9H2,1H3,(H,29,36)(H3,28,33,37). The Balaban J connectivity index is 1.29. The van der Waals surface area contributed by atoms with Crippen molar-refractivity contribution < 1.29 is 18.3 Å². The Morgan fingerprint density at radius 1 is 1.23 bits per heavy atom. The summed E-state index contributed by atoms with van der Waals surface area (Å²) in [5, 5.41) is 7.52. The number of nitrogens with one attached hydrogen (secondary N) is 2. The molecule has 4 aromatic heterocycles. The third-order valence-electron chi connectivity index (χ3n) is 6.61. The fraction of sp³-hybridized carbons (Fsp3) is 0.400. The molecule has 1 fully saturated rings. The number of carbonyl (C=O) groups excluding carboxylic acids is 1. The van der Waals surface area contributed by atoms with Crippen LogP contribution in [-0.4, -0.2) is 81.4 Å². The number of rotatable bonds is 9. The Kier molecular flexibility index (Phi) is 7.68. The molecule has 5 rings (SSSR count). The van der Waals surface area contributed by atoms with Crippen LogP contribution in [0.1, 0.15) is 23.2 Å². The summed E-state index contributed by atoms with van der Waals surface area (Å²) < 4.78 is 33.5. The number of thiazole rings is 1. The second-order valence-corrected chi connectivity index (χ2v) is 10.4. The van der Waals surface area contributed by atoms with E-state index in [0.29, 0.717) is 55.4 Å². The third-order valence-corrected chi connectivity index (χ3v) is 7.68. The van der Waals surface area contributed by atoms with Gasteiger partial charge in [-0.2, -0.15) is 5.10 Å². The van der Waals surface area contributed by atoms with Crippen LogP contribution in [0.4, 0.5) is 14.5 Å². The number of fused-ring (bicyclic) bond motifs is 1. The van der Waals surface area contributed by atoms with E-state index in [-0.39, 0.29) is 35.6 Å². The number of amides is 1. The van der Waals surface area contributed by atoms with Crippen molar-refractivity contribution in [1.82, 2.24) is 34.9 Å². The van der Waals surface area contributed by atoms with Gasteiger partial charge < -0.3 is 25.7 Å². The maximum absolute atomic E-state index is 13.3. The molecule has 0 atom stereocenters. The minimum Gasteiger partial charge on any atom is -0.396 e. The van der Waals surface area contributed by atoms with Crippen LogP contribution in [0.3, 0.4) is 0 Å². The van der Waals surface area contributed by atoms with Crippen LogP contribution < -0.4 is 16.6 Å². The van der Waals surface area contributed by atoms with Gasteiger partial charge in [-0.05, 0) is 6.07 Å². The van der Waals surface area contributed by atoms with E-state index in [1.165, 1.54) is 23.6 Å². The van der Waals surface area contributed by atoms with Crippen molar-refractivity contribution in [2.45, 2.75) is 25.3 Å². The number of methoxy groups -OCH3 is 1. The van der Waals surface area contributed by atoms with E-state index in [1.54, 1.807) is 24.2 Å². The number of likely N-dealkylation sites (tertiary alicyclic amines) is 1.